The van der Waals surface area contributed by atoms with Gasteiger partial charge in [0.15, 0.2) is 0 Å². The van der Waals surface area contributed by atoms with E-state index in [1.807, 2.05) is 0 Å². The summed E-state index contributed by atoms with van der Waals surface area (Å²) in [6.07, 6.45) is -0.194. The van der Waals surface area contributed by atoms with Crippen molar-refractivity contribution in [3.8, 4) is 0 Å². The van der Waals surface area contributed by atoms with Crippen LogP contribution in [0.2, 0.25) is 0 Å². The quantitative estimate of drug-likeness (QED) is 0.667. The van der Waals surface area contributed by atoms with E-state index in [1.165, 1.54) is 14.7 Å². The van der Waals surface area contributed by atoms with E-state index in [0.717, 1.165) is 0 Å². The number of aliphatic hydroxyl groups excluding tert-OH is 1. The zero-order valence-electron chi connectivity index (χ0n) is 13.9. The Bertz CT molecular complexity index is 801. The number of benzene rings is 1. The molecular weight excluding hydrogens is 338 g/mol. The van der Waals surface area contributed by atoms with Gasteiger partial charge in [0.05, 0.1) is 23.3 Å². The van der Waals surface area contributed by atoms with Crippen LogP contribution in [-0.2, 0) is 9.59 Å². The minimum Gasteiger partial charge on any atom is -0.391 e. The summed E-state index contributed by atoms with van der Waals surface area (Å²) in [4.78, 5) is 55.0. The average molecular weight is 355 g/mol. The van der Waals surface area contributed by atoms with Gasteiger partial charge in [0.25, 0.3) is 11.8 Å². The van der Waals surface area contributed by atoms with E-state index in [1.54, 1.807) is 24.3 Å². The lowest BCUT2D eigenvalue weighted by Crippen LogP contribution is -2.60. The van der Waals surface area contributed by atoms with E-state index in [9.17, 15) is 24.3 Å². The Morgan fingerprint density at radius 3 is 1.96 bits per heavy atom. The largest absolute Gasteiger partial charge is 0.391 e. The van der Waals surface area contributed by atoms with Crippen LogP contribution in [0.5, 0.6) is 0 Å². The highest BCUT2D eigenvalue weighted by molar-refractivity contribution is 6.21. The molecule has 1 aromatic carbocycles. The van der Waals surface area contributed by atoms with E-state index in [0.29, 0.717) is 11.1 Å². The minimum absolute atomic E-state index is 0.164. The second-order valence-electron chi connectivity index (χ2n) is 7.32. The van der Waals surface area contributed by atoms with Crippen LogP contribution >= 0.6 is 0 Å². The van der Waals surface area contributed by atoms with Gasteiger partial charge in [-0.3, -0.25) is 24.1 Å². The molecule has 4 aliphatic heterocycles. The molecule has 4 heterocycles. The highest BCUT2D eigenvalue weighted by Gasteiger charge is 2.55. The molecule has 4 aliphatic rings. The first-order valence-electron chi connectivity index (χ1n) is 8.73. The van der Waals surface area contributed by atoms with Gasteiger partial charge >= 0.3 is 0 Å². The van der Waals surface area contributed by atoms with Gasteiger partial charge in [-0.2, -0.15) is 0 Å². The summed E-state index contributed by atoms with van der Waals surface area (Å²) in [6, 6.07) is 4.84. The molecular formula is C18H17N3O5. The van der Waals surface area contributed by atoms with Crippen LogP contribution in [0.25, 0.3) is 0 Å². The van der Waals surface area contributed by atoms with Crippen LogP contribution in [0.4, 0.5) is 0 Å². The third-order valence-corrected chi connectivity index (χ3v) is 5.88. The molecule has 5 rings (SSSR count). The number of carbonyl (C=O) groups is 4. The molecule has 134 valence electrons. The smallest absolute Gasteiger partial charge is 0.261 e. The number of carbonyl (C=O) groups excluding carboxylic acids is 4. The van der Waals surface area contributed by atoms with Crippen LogP contribution in [0.15, 0.2) is 24.3 Å². The zero-order valence-corrected chi connectivity index (χ0v) is 13.9. The van der Waals surface area contributed by atoms with Crippen molar-refractivity contribution in [2.75, 3.05) is 13.1 Å². The van der Waals surface area contributed by atoms with Crippen molar-refractivity contribution in [1.82, 2.24) is 14.7 Å². The highest BCUT2D eigenvalue weighted by atomic mass is 16.3. The second kappa shape index (κ2) is 5.14. The Balaban J connectivity index is 1.44. The molecule has 0 aliphatic carbocycles. The third kappa shape index (κ3) is 1.87. The first-order valence-corrected chi connectivity index (χ1v) is 8.73. The van der Waals surface area contributed by atoms with Crippen molar-refractivity contribution in [3.05, 3.63) is 35.4 Å². The molecule has 1 N–H and O–H groups in total. The number of amides is 4. The molecule has 1 aromatic rings. The van der Waals surface area contributed by atoms with Crippen molar-refractivity contribution in [2.45, 2.75) is 37.1 Å². The fraction of sp³-hybridized carbons (Fsp3) is 0.444. The van der Waals surface area contributed by atoms with Gasteiger partial charge in [0.2, 0.25) is 11.8 Å². The van der Waals surface area contributed by atoms with Crippen molar-refractivity contribution in [3.63, 3.8) is 0 Å². The van der Waals surface area contributed by atoms with Crippen molar-refractivity contribution in [1.29, 1.82) is 0 Å². The molecule has 8 heteroatoms. The van der Waals surface area contributed by atoms with E-state index < -0.39 is 24.2 Å². The number of imide groups is 1. The Morgan fingerprint density at radius 1 is 0.808 bits per heavy atom. The normalized spacial score (nSPS) is 33.0. The summed E-state index contributed by atoms with van der Waals surface area (Å²) in [5, 5.41) is 9.79. The number of hydrogen-bond acceptors (Lipinski definition) is 5. The van der Waals surface area contributed by atoms with E-state index in [-0.39, 0.29) is 49.6 Å². The molecule has 0 spiro atoms. The zero-order chi connectivity index (χ0) is 18.2. The van der Waals surface area contributed by atoms with Gasteiger partial charge in [-0.15, -0.1) is 0 Å². The maximum Gasteiger partial charge on any atom is 0.261 e. The number of hydrogen-bond donors (Lipinski definition) is 1. The lowest BCUT2D eigenvalue weighted by Gasteiger charge is -2.38. The molecule has 3 fully saturated rings. The van der Waals surface area contributed by atoms with Gasteiger partial charge in [-0.05, 0) is 18.6 Å². The van der Waals surface area contributed by atoms with Crippen molar-refractivity contribution >= 4 is 23.6 Å². The summed E-state index contributed by atoms with van der Waals surface area (Å²) < 4.78 is 0. The minimum atomic E-state index is -0.681. The number of piperazine rings is 1. The molecule has 0 radical (unpaired) electrons. The number of nitrogens with zero attached hydrogens (tertiary/aromatic N) is 3. The highest BCUT2D eigenvalue weighted by Crippen LogP contribution is 2.36. The summed E-state index contributed by atoms with van der Waals surface area (Å²) in [6.45, 7) is 0.332. The molecule has 0 saturated carbocycles. The summed E-state index contributed by atoms with van der Waals surface area (Å²) >= 11 is 0. The van der Waals surface area contributed by atoms with Crippen LogP contribution in [0, 0.1) is 0 Å². The molecule has 4 amide bonds. The van der Waals surface area contributed by atoms with E-state index >= 15 is 0 Å². The monoisotopic (exact) mass is 355 g/mol. The Labute approximate surface area is 149 Å². The first kappa shape index (κ1) is 15.5. The van der Waals surface area contributed by atoms with Crippen LogP contribution in [0.1, 0.15) is 33.6 Å². The summed E-state index contributed by atoms with van der Waals surface area (Å²) in [5.41, 5.74) is 0.729. The van der Waals surface area contributed by atoms with Gasteiger partial charge in [0, 0.05) is 19.5 Å². The molecule has 0 bridgehead atoms. The van der Waals surface area contributed by atoms with Crippen molar-refractivity contribution in [2.24, 2.45) is 0 Å². The fourth-order valence-electron chi connectivity index (χ4n) is 4.69. The van der Waals surface area contributed by atoms with E-state index in [2.05, 4.69) is 0 Å². The van der Waals surface area contributed by atoms with Gasteiger partial charge < -0.3 is 14.9 Å². The summed E-state index contributed by atoms with van der Waals surface area (Å²) in [5.74, 6) is -1.15. The predicted molar refractivity (Wildman–Crippen MR) is 87.0 cm³/mol. The Kier molecular flexibility index (Phi) is 3.06. The SMILES string of the molecule is O=C1[C@@H]2C[C@H](N3C(=O)c4ccccc4C3=O)CN2C(=O)[C@@H]2C[C@@H](O)CN12. The maximum atomic E-state index is 12.8. The predicted octanol–water partition coefficient (Wildman–Crippen LogP) is -0.772. The first-order chi connectivity index (χ1) is 12.5. The molecule has 26 heavy (non-hydrogen) atoms. The van der Waals surface area contributed by atoms with Crippen LogP contribution < -0.4 is 0 Å². The molecule has 8 nitrogen and oxygen atoms in total. The number of rotatable bonds is 1. The topological polar surface area (TPSA) is 98.2 Å². The lowest BCUT2D eigenvalue weighted by atomic mass is 10.1. The van der Waals surface area contributed by atoms with Gasteiger partial charge in [-0.1, -0.05) is 12.1 Å². The molecule has 3 saturated heterocycles. The third-order valence-electron chi connectivity index (χ3n) is 5.88. The van der Waals surface area contributed by atoms with Gasteiger partial charge in [-0.25, -0.2) is 0 Å². The fourth-order valence-corrected chi connectivity index (χ4v) is 4.69. The Morgan fingerprint density at radius 2 is 1.35 bits per heavy atom. The number of aliphatic hydroxyl groups is 1. The molecule has 4 atom stereocenters. The van der Waals surface area contributed by atoms with Gasteiger partial charge in [0.1, 0.15) is 12.1 Å². The van der Waals surface area contributed by atoms with Crippen LogP contribution in [0.3, 0.4) is 0 Å². The Hall–Kier alpha value is -2.74. The average Bonchev–Trinajstić information content (AvgIpc) is 3.29. The van der Waals surface area contributed by atoms with E-state index in [4.69, 9.17) is 0 Å². The molecule has 0 unspecified atom stereocenters. The molecule has 0 aromatic heterocycles. The van der Waals surface area contributed by atoms with Crippen LogP contribution in [-0.4, -0.2) is 80.8 Å². The lowest BCUT2D eigenvalue weighted by molar-refractivity contribution is -0.157. The van der Waals surface area contributed by atoms with Crippen molar-refractivity contribution < 1.29 is 24.3 Å². The standard InChI is InChI=1S/C18H17N3O5/c22-10-6-14-18(26)19-7-9(5-13(19)17(25)20(14)8-10)21-15(23)11-3-1-2-4-12(11)16(21)24/h1-4,9-10,13-14,22H,5-8H2/t9-,10+,13-,14-/m0/s1. The summed E-state index contributed by atoms with van der Waals surface area (Å²) in [7, 11) is 0. The number of fused-ring (bicyclic) bond motifs is 3. The second-order valence-corrected chi connectivity index (χ2v) is 7.32. The maximum absolute atomic E-state index is 12.8.